The van der Waals surface area contributed by atoms with Crippen LogP contribution < -0.4 is 4.74 Å². The Labute approximate surface area is 102 Å². The number of benzene rings is 1. The van der Waals surface area contributed by atoms with Gasteiger partial charge in [0.15, 0.2) is 11.5 Å². The van der Waals surface area contributed by atoms with Gasteiger partial charge in [0.05, 0.1) is 24.5 Å². The lowest BCUT2D eigenvalue weighted by Gasteiger charge is -2.15. The second-order valence-corrected chi connectivity index (χ2v) is 3.89. The molecule has 0 saturated carbocycles. The van der Waals surface area contributed by atoms with E-state index >= 15 is 0 Å². The minimum Gasteiger partial charge on any atom is -0.507 e. The van der Waals surface area contributed by atoms with Crippen LogP contribution in [-0.2, 0) is 0 Å². The molecule has 0 spiro atoms. The first-order valence-electron chi connectivity index (χ1n) is 5.21. The molecule has 0 bridgehead atoms. The molecular weight excluding hydrogens is 236 g/mol. The van der Waals surface area contributed by atoms with Gasteiger partial charge in [0.25, 0.3) is 0 Å². The summed E-state index contributed by atoms with van der Waals surface area (Å²) in [4.78, 5) is 24.2. The van der Waals surface area contributed by atoms with E-state index in [9.17, 15) is 14.7 Å². The summed E-state index contributed by atoms with van der Waals surface area (Å²) in [5.41, 5.74) is 0.300. The smallest absolute Gasteiger partial charge is 0.233 e. The van der Waals surface area contributed by atoms with Crippen LogP contribution in [0.25, 0.3) is 0 Å². The van der Waals surface area contributed by atoms with E-state index in [2.05, 4.69) is 0 Å². The monoisotopic (exact) mass is 244 g/mol. The fraction of sp³-hybridized carbons (Fsp3) is 0.0769. The normalized spacial score (nSPS) is 13.2. The molecule has 1 heterocycles. The Morgan fingerprint density at radius 2 is 1.94 bits per heavy atom. The predicted molar refractivity (Wildman–Crippen MR) is 60.2 cm³/mol. The first-order chi connectivity index (χ1) is 8.63. The number of carbonyl (C=O) groups excluding carboxylic acids is 2. The standard InChI is InChI=1S/C13H8O5/c1-17-6-4-8-10(9(14)5-6)12(16)13-7(11(8)15)2-3-18-13/h2-5,14H,1H3. The van der Waals surface area contributed by atoms with Crippen molar-refractivity contribution in [3.05, 3.63) is 46.9 Å². The summed E-state index contributed by atoms with van der Waals surface area (Å²) in [6.45, 7) is 0. The number of phenols is 1. The van der Waals surface area contributed by atoms with Gasteiger partial charge in [-0.2, -0.15) is 0 Å². The number of furan rings is 1. The summed E-state index contributed by atoms with van der Waals surface area (Å²) < 4.78 is 9.96. The van der Waals surface area contributed by atoms with Crippen molar-refractivity contribution in [3.8, 4) is 11.5 Å². The van der Waals surface area contributed by atoms with Gasteiger partial charge in [-0.15, -0.1) is 0 Å². The number of fused-ring (bicyclic) bond motifs is 2. The molecular formula is C13H8O5. The van der Waals surface area contributed by atoms with Crippen LogP contribution in [0.2, 0.25) is 0 Å². The van der Waals surface area contributed by atoms with Gasteiger partial charge in [-0.05, 0) is 12.1 Å². The first kappa shape index (κ1) is 10.6. The Morgan fingerprint density at radius 3 is 2.67 bits per heavy atom. The molecule has 0 atom stereocenters. The highest BCUT2D eigenvalue weighted by molar-refractivity contribution is 6.28. The summed E-state index contributed by atoms with van der Waals surface area (Å²) in [6, 6.07) is 4.16. The quantitative estimate of drug-likeness (QED) is 0.705. The van der Waals surface area contributed by atoms with E-state index in [1.807, 2.05) is 0 Å². The Bertz CT molecular complexity index is 681. The molecule has 1 aromatic heterocycles. The SMILES string of the molecule is COc1cc(O)c2c(c1)C(=O)c1ccoc1C2=O. The molecule has 1 aromatic carbocycles. The maximum atomic E-state index is 12.2. The van der Waals surface area contributed by atoms with Gasteiger partial charge in [-0.25, -0.2) is 0 Å². The maximum absolute atomic E-state index is 12.2. The van der Waals surface area contributed by atoms with Crippen LogP contribution in [0.1, 0.15) is 32.0 Å². The molecule has 0 amide bonds. The van der Waals surface area contributed by atoms with Crippen molar-refractivity contribution < 1.29 is 23.8 Å². The van der Waals surface area contributed by atoms with Crippen LogP contribution in [0.3, 0.4) is 0 Å². The van der Waals surface area contributed by atoms with E-state index in [0.29, 0.717) is 5.75 Å². The third-order valence-corrected chi connectivity index (χ3v) is 2.91. The van der Waals surface area contributed by atoms with Crippen molar-refractivity contribution in [2.24, 2.45) is 0 Å². The number of ether oxygens (including phenoxy) is 1. The number of carbonyl (C=O) groups is 2. The van der Waals surface area contributed by atoms with Crippen LogP contribution in [0.4, 0.5) is 0 Å². The zero-order valence-electron chi connectivity index (χ0n) is 9.39. The zero-order valence-corrected chi connectivity index (χ0v) is 9.39. The van der Waals surface area contributed by atoms with Crippen molar-refractivity contribution in [2.75, 3.05) is 7.11 Å². The molecule has 1 N–H and O–H groups in total. The van der Waals surface area contributed by atoms with E-state index in [4.69, 9.17) is 9.15 Å². The number of methoxy groups -OCH3 is 1. The van der Waals surface area contributed by atoms with Crippen molar-refractivity contribution in [3.63, 3.8) is 0 Å². The van der Waals surface area contributed by atoms with Gasteiger partial charge in [0, 0.05) is 11.6 Å². The molecule has 0 saturated heterocycles. The van der Waals surface area contributed by atoms with Gasteiger partial charge in [-0.3, -0.25) is 9.59 Å². The fourth-order valence-corrected chi connectivity index (χ4v) is 2.06. The Hall–Kier alpha value is -2.56. The number of rotatable bonds is 1. The Kier molecular flexibility index (Phi) is 2.04. The molecule has 1 aliphatic carbocycles. The molecule has 3 rings (SSSR count). The summed E-state index contributed by atoms with van der Waals surface area (Å²) in [5.74, 6) is -0.857. The summed E-state index contributed by atoms with van der Waals surface area (Å²) >= 11 is 0. The van der Waals surface area contributed by atoms with E-state index in [0.717, 1.165) is 0 Å². The van der Waals surface area contributed by atoms with Crippen LogP contribution in [0, 0.1) is 0 Å². The number of aromatic hydroxyl groups is 1. The maximum Gasteiger partial charge on any atom is 0.233 e. The Balaban J connectivity index is 2.33. The van der Waals surface area contributed by atoms with Gasteiger partial charge >= 0.3 is 0 Å². The van der Waals surface area contributed by atoms with Crippen LogP contribution >= 0.6 is 0 Å². The van der Waals surface area contributed by atoms with E-state index in [1.54, 1.807) is 0 Å². The average molecular weight is 244 g/mol. The minimum atomic E-state index is -0.496. The first-order valence-corrected chi connectivity index (χ1v) is 5.21. The fourth-order valence-electron chi connectivity index (χ4n) is 2.06. The van der Waals surface area contributed by atoms with E-state index in [1.165, 1.54) is 31.6 Å². The Morgan fingerprint density at radius 1 is 1.17 bits per heavy atom. The van der Waals surface area contributed by atoms with Gasteiger partial charge in [-0.1, -0.05) is 0 Å². The lowest BCUT2D eigenvalue weighted by atomic mass is 9.88. The summed E-state index contributed by atoms with van der Waals surface area (Å²) in [7, 11) is 1.42. The second-order valence-electron chi connectivity index (χ2n) is 3.89. The second kappa shape index (κ2) is 3.46. The van der Waals surface area contributed by atoms with Crippen molar-refractivity contribution >= 4 is 11.6 Å². The van der Waals surface area contributed by atoms with Gasteiger partial charge in [0.1, 0.15) is 11.5 Å². The number of phenolic OH excluding ortho intramolecular Hbond substituents is 1. The highest BCUT2D eigenvalue weighted by Gasteiger charge is 2.35. The third-order valence-electron chi connectivity index (χ3n) is 2.91. The predicted octanol–water partition coefficient (Wildman–Crippen LogP) is 1.77. The van der Waals surface area contributed by atoms with Gasteiger partial charge < -0.3 is 14.3 Å². The molecule has 1 aliphatic rings. The molecule has 2 aromatic rings. The van der Waals surface area contributed by atoms with Crippen molar-refractivity contribution in [1.29, 1.82) is 0 Å². The molecule has 18 heavy (non-hydrogen) atoms. The third kappa shape index (κ3) is 1.21. The molecule has 0 fully saturated rings. The van der Waals surface area contributed by atoms with Gasteiger partial charge in [0.2, 0.25) is 5.78 Å². The summed E-state index contributed by atoms with van der Waals surface area (Å²) in [6.07, 6.45) is 1.28. The molecule has 5 nitrogen and oxygen atoms in total. The highest BCUT2D eigenvalue weighted by Crippen LogP contribution is 2.36. The number of ketones is 2. The minimum absolute atomic E-state index is 0.0343. The average Bonchev–Trinajstić information content (AvgIpc) is 2.84. The molecule has 0 aliphatic heterocycles. The summed E-state index contributed by atoms with van der Waals surface area (Å²) in [5, 5.41) is 9.82. The number of hydrogen-bond donors (Lipinski definition) is 1. The lowest BCUT2D eigenvalue weighted by molar-refractivity contribution is 0.0957. The number of hydrogen-bond acceptors (Lipinski definition) is 5. The zero-order chi connectivity index (χ0) is 12.9. The topological polar surface area (TPSA) is 76.7 Å². The van der Waals surface area contributed by atoms with E-state index in [-0.39, 0.29) is 34.0 Å². The lowest BCUT2D eigenvalue weighted by Crippen LogP contribution is -2.19. The molecule has 0 radical (unpaired) electrons. The van der Waals surface area contributed by atoms with Crippen molar-refractivity contribution in [2.45, 2.75) is 0 Å². The van der Waals surface area contributed by atoms with Crippen molar-refractivity contribution in [1.82, 2.24) is 0 Å². The highest BCUT2D eigenvalue weighted by atomic mass is 16.5. The van der Waals surface area contributed by atoms with E-state index < -0.39 is 5.78 Å². The molecule has 5 heteroatoms. The van der Waals surface area contributed by atoms with Crippen LogP contribution in [0.15, 0.2) is 28.9 Å². The molecule has 0 unspecified atom stereocenters. The molecule has 90 valence electrons. The van der Waals surface area contributed by atoms with Crippen LogP contribution in [-0.4, -0.2) is 23.8 Å². The van der Waals surface area contributed by atoms with Crippen LogP contribution in [0.5, 0.6) is 11.5 Å². The largest absolute Gasteiger partial charge is 0.507 e.